The van der Waals surface area contributed by atoms with Gasteiger partial charge in [-0.2, -0.15) is 0 Å². The predicted molar refractivity (Wildman–Crippen MR) is 100 cm³/mol. The molecule has 0 fully saturated rings. The van der Waals surface area contributed by atoms with Crippen LogP contribution in [-0.4, -0.2) is 30.1 Å². The molecule has 0 spiro atoms. The van der Waals surface area contributed by atoms with E-state index in [1.54, 1.807) is 25.3 Å². The van der Waals surface area contributed by atoms with Gasteiger partial charge in [-0.1, -0.05) is 30.3 Å². The van der Waals surface area contributed by atoms with Crippen LogP contribution in [0.25, 0.3) is 0 Å². The van der Waals surface area contributed by atoms with Crippen molar-refractivity contribution in [1.82, 2.24) is 9.97 Å². The molecule has 1 heterocycles. The molecule has 7 heteroatoms. The van der Waals surface area contributed by atoms with E-state index in [0.717, 1.165) is 5.56 Å². The Morgan fingerprint density at radius 1 is 1.00 bits per heavy atom. The molecule has 1 N–H and O–H groups in total. The highest BCUT2D eigenvalue weighted by atomic mass is 16.5. The molecule has 27 heavy (non-hydrogen) atoms. The standard InChI is InChI=1S/C20H19N3O4/c1-25-15-8-9-16(18(10-15)26-2)23-20(24)17-11-19(22-13-21-17)27-12-14-6-4-3-5-7-14/h3-11,13H,12H2,1-2H3,(H,23,24). The number of nitrogens with one attached hydrogen (secondary N) is 1. The number of nitrogens with zero attached hydrogens (tertiary/aromatic N) is 2. The molecule has 2 aromatic carbocycles. The SMILES string of the molecule is COc1ccc(NC(=O)c2cc(OCc3ccccc3)ncn2)c(OC)c1. The summed E-state index contributed by atoms with van der Waals surface area (Å²) in [4.78, 5) is 20.6. The van der Waals surface area contributed by atoms with E-state index in [1.165, 1.54) is 19.5 Å². The molecule has 3 rings (SSSR count). The van der Waals surface area contributed by atoms with Gasteiger partial charge < -0.3 is 19.5 Å². The van der Waals surface area contributed by atoms with E-state index in [0.29, 0.717) is 29.7 Å². The average molecular weight is 365 g/mol. The first kappa shape index (κ1) is 18.2. The summed E-state index contributed by atoms with van der Waals surface area (Å²) in [7, 11) is 3.08. The Bertz CT molecular complexity index is 916. The molecule has 0 saturated heterocycles. The van der Waals surface area contributed by atoms with Crippen molar-refractivity contribution in [3.05, 3.63) is 72.2 Å². The molecule has 0 bridgehead atoms. The number of carbonyl (C=O) groups excluding carboxylic acids is 1. The van der Waals surface area contributed by atoms with Gasteiger partial charge in [-0.3, -0.25) is 4.79 Å². The van der Waals surface area contributed by atoms with Crippen LogP contribution in [0.5, 0.6) is 17.4 Å². The van der Waals surface area contributed by atoms with Gasteiger partial charge >= 0.3 is 0 Å². The van der Waals surface area contributed by atoms with Crippen molar-refractivity contribution in [3.8, 4) is 17.4 Å². The van der Waals surface area contributed by atoms with Gasteiger partial charge in [-0.25, -0.2) is 9.97 Å². The third-order valence-electron chi connectivity index (χ3n) is 3.76. The lowest BCUT2D eigenvalue weighted by Crippen LogP contribution is -2.15. The van der Waals surface area contributed by atoms with Crippen LogP contribution >= 0.6 is 0 Å². The van der Waals surface area contributed by atoms with E-state index in [2.05, 4.69) is 15.3 Å². The van der Waals surface area contributed by atoms with Crippen molar-refractivity contribution in [2.24, 2.45) is 0 Å². The second kappa shape index (κ2) is 8.66. The summed E-state index contributed by atoms with van der Waals surface area (Å²) >= 11 is 0. The molecule has 0 saturated carbocycles. The van der Waals surface area contributed by atoms with Crippen molar-refractivity contribution in [1.29, 1.82) is 0 Å². The fraction of sp³-hybridized carbons (Fsp3) is 0.150. The monoisotopic (exact) mass is 365 g/mol. The molecule has 0 aliphatic rings. The number of aromatic nitrogens is 2. The minimum atomic E-state index is -0.398. The van der Waals surface area contributed by atoms with E-state index >= 15 is 0 Å². The van der Waals surface area contributed by atoms with Crippen LogP contribution in [0.3, 0.4) is 0 Å². The van der Waals surface area contributed by atoms with E-state index in [4.69, 9.17) is 14.2 Å². The maximum Gasteiger partial charge on any atom is 0.274 e. The fourth-order valence-electron chi connectivity index (χ4n) is 2.36. The van der Waals surface area contributed by atoms with Gasteiger partial charge in [0.15, 0.2) is 0 Å². The molecule has 1 amide bonds. The highest BCUT2D eigenvalue weighted by molar-refractivity contribution is 6.03. The van der Waals surface area contributed by atoms with E-state index in [1.807, 2.05) is 30.3 Å². The minimum absolute atomic E-state index is 0.186. The van der Waals surface area contributed by atoms with Crippen LogP contribution in [0.2, 0.25) is 0 Å². The maximum atomic E-state index is 12.5. The van der Waals surface area contributed by atoms with Crippen LogP contribution in [0.4, 0.5) is 5.69 Å². The van der Waals surface area contributed by atoms with E-state index in [-0.39, 0.29) is 5.69 Å². The zero-order chi connectivity index (χ0) is 19.1. The predicted octanol–water partition coefficient (Wildman–Crippen LogP) is 3.33. The number of hydrogen-bond donors (Lipinski definition) is 1. The number of amides is 1. The summed E-state index contributed by atoms with van der Waals surface area (Å²) in [5, 5.41) is 2.76. The maximum absolute atomic E-state index is 12.5. The molecule has 0 radical (unpaired) electrons. The van der Waals surface area contributed by atoms with Gasteiger partial charge in [0.05, 0.1) is 19.9 Å². The first-order valence-corrected chi connectivity index (χ1v) is 8.21. The molecule has 1 aromatic heterocycles. The number of anilines is 1. The molecule has 0 aliphatic heterocycles. The molecule has 0 unspecified atom stereocenters. The van der Waals surface area contributed by atoms with Crippen LogP contribution in [0.1, 0.15) is 16.1 Å². The van der Waals surface area contributed by atoms with Crippen LogP contribution in [0, 0.1) is 0 Å². The van der Waals surface area contributed by atoms with Gasteiger partial charge in [0, 0.05) is 12.1 Å². The fourth-order valence-corrected chi connectivity index (χ4v) is 2.36. The molecule has 3 aromatic rings. The summed E-state index contributed by atoms with van der Waals surface area (Å²) in [6.07, 6.45) is 1.29. The second-order valence-corrected chi connectivity index (χ2v) is 5.54. The Balaban J connectivity index is 1.70. The lowest BCUT2D eigenvalue weighted by atomic mass is 10.2. The largest absolute Gasteiger partial charge is 0.497 e. The Labute approximate surface area is 156 Å². The number of carbonyl (C=O) groups is 1. The van der Waals surface area contributed by atoms with Crippen LogP contribution < -0.4 is 19.5 Å². The number of benzene rings is 2. The van der Waals surface area contributed by atoms with Crippen molar-refractivity contribution >= 4 is 11.6 Å². The molecule has 7 nitrogen and oxygen atoms in total. The highest BCUT2D eigenvalue weighted by Crippen LogP contribution is 2.29. The van der Waals surface area contributed by atoms with Crippen molar-refractivity contribution < 1.29 is 19.0 Å². The van der Waals surface area contributed by atoms with Gasteiger partial charge in [0.1, 0.15) is 30.1 Å². The summed E-state index contributed by atoms with van der Waals surface area (Å²) in [6, 6.07) is 16.3. The summed E-state index contributed by atoms with van der Waals surface area (Å²) in [5.41, 5.74) is 1.70. The smallest absolute Gasteiger partial charge is 0.274 e. The third-order valence-corrected chi connectivity index (χ3v) is 3.76. The Hall–Kier alpha value is -3.61. The van der Waals surface area contributed by atoms with Gasteiger partial charge in [-0.05, 0) is 17.7 Å². The number of rotatable bonds is 7. The Kier molecular flexibility index (Phi) is 5.84. The van der Waals surface area contributed by atoms with Crippen molar-refractivity contribution in [2.45, 2.75) is 6.61 Å². The van der Waals surface area contributed by atoms with Crippen molar-refractivity contribution in [3.63, 3.8) is 0 Å². The molecule has 138 valence electrons. The Morgan fingerprint density at radius 3 is 2.56 bits per heavy atom. The highest BCUT2D eigenvalue weighted by Gasteiger charge is 2.13. The molecule has 0 aliphatic carbocycles. The summed E-state index contributed by atoms with van der Waals surface area (Å²) < 4.78 is 16.1. The molecular weight excluding hydrogens is 346 g/mol. The quantitative estimate of drug-likeness (QED) is 0.692. The lowest BCUT2D eigenvalue weighted by Gasteiger charge is -2.11. The van der Waals surface area contributed by atoms with E-state index in [9.17, 15) is 4.79 Å². The van der Waals surface area contributed by atoms with Gasteiger partial charge in [0.2, 0.25) is 5.88 Å². The van der Waals surface area contributed by atoms with Gasteiger partial charge in [-0.15, -0.1) is 0 Å². The minimum Gasteiger partial charge on any atom is -0.497 e. The number of hydrogen-bond acceptors (Lipinski definition) is 6. The zero-order valence-electron chi connectivity index (χ0n) is 15.0. The topological polar surface area (TPSA) is 82.6 Å². The third kappa shape index (κ3) is 4.72. The number of ether oxygens (including phenoxy) is 3. The first-order valence-electron chi connectivity index (χ1n) is 8.21. The average Bonchev–Trinajstić information content (AvgIpc) is 2.73. The molecular formula is C20H19N3O4. The van der Waals surface area contributed by atoms with Crippen LogP contribution in [0.15, 0.2) is 60.9 Å². The Morgan fingerprint density at radius 2 is 1.81 bits per heavy atom. The zero-order valence-corrected chi connectivity index (χ0v) is 15.0. The second-order valence-electron chi connectivity index (χ2n) is 5.54. The van der Waals surface area contributed by atoms with E-state index < -0.39 is 5.91 Å². The summed E-state index contributed by atoms with van der Waals surface area (Å²) in [6.45, 7) is 0.352. The summed E-state index contributed by atoms with van der Waals surface area (Å²) in [5.74, 6) is 1.03. The van der Waals surface area contributed by atoms with Gasteiger partial charge in [0.25, 0.3) is 5.91 Å². The van der Waals surface area contributed by atoms with Crippen LogP contribution in [-0.2, 0) is 6.61 Å². The first-order chi connectivity index (χ1) is 13.2. The number of methoxy groups -OCH3 is 2. The lowest BCUT2D eigenvalue weighted by molar-refractivity contribution is 0.102. The normalized spacial score (nSPS) is 10.1. The molecule has 0 atom stereocenters. The van der Waals surface area contributed by atoms with Crippen molar-refractivity contribution in [2.75, 3.05) is 19.5 Å².